The van der Waals surface area contributed by atoms with Crippen LogP contribution in [0.2, 0.25) is 0 Å². The zero-order valence-corrected chi connectivity index (χ0v) is 11.0. The second kappa shape index (κ2) is 5.29. The van der Waals surface area contributed by atoms with Crippen molar-refractivity contribution >= 4 is 11.7 Å². The minimum absolute atomic E-state index is 0.114. The molecule has 2 N–H and O–H groups in total. The van der Waals surface area contributed by atoms with E-state index in [-0.39, 0.29) is 12.1 Å². The van der Waals surface area contributed by atoms with Crippen LogP contribution in [0.5, 0.6) is 5.88 Å². The summed E-state index contributed by atoms with van der Waals surface area (Å²) in [6.07, 6.45) is 3.61. The number of hydrogen-bond acceptors (Lipinski definition) is 6. The average Bonchev–Trinajstić information content (AvgIpc) is 3.03. The third kappa shape index (κ3) is 3.90. The van der Waals surface area contributed by atoms with Gasteiger partial charge in [0.15, 0.2) is 0 Å². The maximum Gasteiger partial charge on any atom is 0.245 e. The first-order valence-corrected chi connectivity index (χ1v) is 6.64. The molecule has 17 heavy (non-hydrogen) atoms. The zero-order valence-electron chi connectivity index (χ0n) is 10.2. The number of nitrogens with zero attached hydrogens (tertiary/aromatic N) is 2. The monoisotopic (exact) mass is 257 g/mol. The molecule has 1 unspecified atom stereocenters. The molecule has 6 heteroatoms. The molecule has 1 aromatic rings. The second-order valence-electron chi connectivity index (χ2n) is 5.09. The van der Waals surface area contributed by atoms with Crippen molar-refractivity contribution in [2.24, 2.45) is 5.92 Å². The molecule has 0 bridgehead atoms. The summed E-state index contributed by atoms with van der Waals surface area (Å²) in [6, 6.07) is 0. The highest BCUT2D eigenvalue weighted by Gasteiger charge is 2.37. The molecule has 0 amide bonds. The SMILES string of the molecule is CC(C)(NCC(O)COc1cnsn1)C1CC1. The lowest BCUT2D eigenvalue weighted by Crippen LogP contribution is -2.46. The van der Waals surface area contributed by atoms with Gasteiger partial charge in [-0.2, -0.15) is 4.37 Å². The van der Waals surface area contributed by atoms with E-state index in [4.69, 9.17) is 4.74 Å². The van der Waals surface area contributed by atoms with Crippen LogP contribution in [0.1, 0.15) is 26.7 Å². The number of rotatable bonds is 7. The Morgan fingerprint density at radius 3 is 3.00 bits per heavy atom. The van der Waals surface area contributed by atoms with E-state index in [1.807, 2.05) is 0 Å². The molecule has 1 fully saturated rings. The summed E-state index contributed by atoms with van der Waals surface area (Å²) in [4.78, 5) is 0. The van der Waals surface area contributed by atoms with Crippen LogP contribution in [0, 0.1) is 5.92 Å². The quantitative estimate of drug-likeness (QED) is 0.764. The molecule has 1 heterocycles. The molecular weight excluding hydrogens is 238 g/mol. The lowest BCUT2D eigenvalue weighted by atomic mass is 9.98. The first-order chi connectivity index (χ1) is 8.08. The summed E-state index contributed by atoms with van der Waals surface area (Å²) in [5.41, 5.74) is 0.114. The van der Waals surface area contributed by atoms with Gasteiger partial charge >= 0.3 is 0 Å². The Balaban J connectivity index is 1.65. The Labute approximate surface area is 106 Å². The number of aliphatic hydroxyl groups excluding tert-OH is 1. The van der Waals surface area contributed by atoms with Gasteiger partial charge in [-0.1, -0.05) is 0 Å². The van der Waals surface area contributed by atoms with Crippen LogP contribution >= 0.6 is 11.7 Å². The van der Waals surface area contributed by atoms with Gasteiger partial charge in [-0.25, -0.2) is 0 Å². The zero-order chi connectivity index (χ0) is 12.3. The van der Waals surface area contributed by atoms with Crippen molar-refractivity contribution in [3.8, 4) is 5.88 Å². The van der Waals surface area contributed by atoms with Crippen molar-refractivity contribution in [2.75, 3.05) is 13.2 Å². The Morgan fingerprint density at radius 1 is 1.65 bits per heavy atom. The first kappa shape index (κ1) is 12.7. The van der Waals surface area contributed by atoms with Crippen molar-refractivity contribution in [3.05, 3.63) is 6.20 Å². The van der Waals surface area contributed by atoms with Crippen LogP contribution in [0.15, 0.2) is 6.20 Å². The minimum atomic E-state index is -0.519. The molecule has 0 spiro atoms. The van der Waals surface area contributed by atoms with Crippen LogP contribution < -0.4 is 10.1 Å². The van der Waals surface area contributed by atoms with Gasteiger partial charge in [-0.05, 0) is 32.6 Å². The van der Waals surface area contributed by atoms with E-state index < -0.39 is 6.10 Å². The fourth-order valence-corrected chi connectivity index (χ4v) is 2.16. The fraction of sp³-hybridized carbons (Fsp3) is 0.818. The van der Waals surface area contributed by atoms with E-state index in [0.29, 0.717) is 12.4 Å². The number of nitrogens with one attached hydrogen (secondary N) is 1. The molecule has 5 nitrogen and oxygen atoms in total. The van der Waals surface area contributed by atoms with E-state index >= 15 is 0 Å². The summed E-state index contributed by atoms with van der Waals surface area (Å²) in [7, 11) is 0. The molecule has 1 atom stereocenters. The van der Waals surface area contributed by atoms with Gasteiger partial charge in [-0.15, -0.1) is 4.37 Å². The van der Waals surface area contributed by atoms with E-state index in [2.05, 4.69) is 27.9 Å². The average molecular weight is 257 g/mol. The normalized spacial score (nSPS) is 18.1. The summed E-state index contributed by atoms with van der Waals surface area (Å²) < 4.78 is 13.0. The van der Waals surface area contributed by atoms with Crippen molar-refractivity contribution in [1.29, 1.82) is 0 Å². The molecular formula is C11H19N3O2S. The lowest BCUT2D eigenvalue weighted by molar-refractivity contribution is 0.0953. The van der Waals surface area contributed by atoms with Gasteiger partial charge in [0.05, 0.1) is 11.7 Å². The minimum Gasteiger partial charge on any atom is -0.473 e. The molecule has 2 rings (SSSR count). The fourth-order valence-electron chi connectivity index (χ4n) is 1.79. The van der Waals surface area contributed by atoms with E-state index in [9.17, 15) is 5.11 Å². The summed E-state index contributed by atoms with van der Waals surface area (Å²) in [5.74, 6) is 1.23. The highest BCUT2D eigenvalue weighted by atomic mass is 32.1. The molecule has 1 aromatic heterocycles. The first-order valence-electron chi connectivity index (χ1n) is 5.91. The maximum absolute atomic E-state index is 9.78. The Kier molecular flexibility index (Phi) is 3.96. The van der Waals surface area contributed by atoms with Gasteiger partial charge in [0.2, 0.25) is 5.88 Å². The molecule has 0 aromatic carbocycles. The van der Waals surface area contributed by atoms with Crippen molar-refractivity contribution in [3.63, 3.8) is 0 Å². The molecule has 1 saturated carbocycles. The number of aliphatic hydroxyl groups is 1. The number of ether oxygens (including phenoxy) is 1. The third-order valence-corrected chi connectivity index (χ3v) is 3.62. The standard InChI is InChI=1S/C11H19N3O2S/c1-11(2,8-3-4-8)12-5-9(15)7-16-10-6-13-17-14-10/h6,8-9,12,15H,3-5,7H2,1-2H3. The highest BCUT2D eigenvalue weighted by molar-refractivity contribution is 6.99. The summed E-state index contributed by atoms with van der Waals surface area (Å²) in [6.45, 7) is 5.16. The number of β-amino-alcohol motifs (C(OH)–C–C–N with tert-alkyl or cyclic N) is 1. The van der Waals surface area contributed by atoms with Gasteiger partial charge < -0.3 is 15.2 Å². The molecule has 0 saturated heterocycles. The second-order valence-corrected chi connectivity index (χ2v) is 5.64. The van der Waals surface area contributed by atoms with E-state index in [0.717, 1.165) is 17.6 Å². The Hall–Kier alpha value is -0.720. The Morgan fingerprint density at radius 2 is 2.41 bits per heavy atom. The topological polar surface area (TPSA) is 67.3 Å². The predicted octanol–water partition coefficient (Wildman–Crippen LogP) is 1.06. The number of aromatic nitrogens is 2. The van der Waals surface area contributed by atoms with Crippen LogP contribution in [0.4, 0.5) is 0 Å². The van der Waals surface area contributed by atoms with E-state index in [1.165, 1.54) is 12.8 Å². The molecule has 96 valence electrons. The molecule has 0 radical (unpaired) electrons. The van der Waals surface area contributed by atoms with Crippen LogP contribution in [-0.4, -0.2) is 38.6 Å². The third-order valence-electron chi connectivity index (χ3n) is 3.16. The Bertz CT molecular complexity index is 338. The van der Waals surface area contributed by atoms with Gasteiger partial charge in [0.1, 0.15) is 18.9 Å². The largest absolute Gasteiger partial charge is 0.473 e. The van der Waals surface area contributed by atoms with Crippen LogP contribution in [0.25, 0.3) is 0 Å². The summed E-state index contributed by atoms with van der Waals surface area (Å²) in [5, 5.41) is 13.2. The van der Waals surface area contributed by atoms with Crippen LogP contribution in [0.3, 0.4) is 0 Å². The number of hydrogen-bond donors (Lipinski definition) is 2. The van der Waals surface area contributed by atoms with Gasteiger partial charge in [0, 0.05) is 12.1 Å². The highest BCUT2D eigenvalue weighted by Crippen LogP contribution is 2.39. The predicted molar refractivity (Wildman–Crippen MR) is 66.2 cm³/mol. The maximum atomic E-state index is 9.78. The van der Waals surface area contributed by atoms with Gasteiger partial charge in [-0.3, -0.25) is 0 Å². The van der Waals surface area contributed by atoms with Crippen LogP contribution in [-0.2, 0) is 0 Å². The van der Waals surface area contributed by atoms with Crippen molar-refractivity contribution in [2.45, 2.75) is 38.3 Å². The molecule has 1 aliphatic rings. The summed E-state index contributed by atoms with van der Waals surface area (Å²) >= 11 is 1.10. The molecule has 1 aliphatic carbocycles. The van der Waals surface area contributed by atoms with Crippen molar-refractivity contribution in [1.82, 2.24) is 14.1 Å². The lowest BCUT2D eigenvalue weighted by Gasteiger charge is -2.27. The van der Waals surface area contributed by atoms with E-state index in [1.54, 1.807) is 6.20 Å². The molecule has 0 aliphatic heterocycles. The van der Waals surface area contributed by atoms with Crippen molar-refractivity contribution < 1.29 is 9.84 Å². The smallest absolute Gasteiger partial charge is 0.245 e. The van der Waals surface area contributed by atoms with Gasteiger partial charge in [0.25, 0.3) is 0 Å².